The first kappa shape index (κ1) is 17.0. The average molecular weight is 389 g/mol. The highest BCUT2D eigenvalue weighted by Gasteiger charge is 2.29. The average Bonchev–Trinajstić information content (AvgIpc) is 3.33. The Morgan fingerprint density at radius 3 is 2.81 bits per heavy atom. The highest BCUT2D eigenvalue weighted by Crippen LogP contribution is 2.28. The van der Waals surface area contributed by atoms with Gasteiger partial charge in [-0.15, -0.1) is 11.3 Å². The van der Waals surface area contributed by atoms with E-state index < -0.39 is 15.9 Å². The van der Waals surface area contributed by atoms with Gasteiger partial charge in [0.15, 0.2) is 5.82 Å². The van der Waals surface area contributed by atoms with E-state index in [4.69, 9.17) is 0 Å². The number of carbonyl (C=O) groups is 1. The van der Waals surface area contributed by atoms with E-state index in [0.29, 0.717) is 24.4 Å². The molecule has 1 aliphatic heterocycles. The molecule has 9 heteroatoms. The van der Waals surface area contributed by atoms with Gasteiger partial charge in [0.25, 0.3) is 5.91 Å². The van der Waals surface area contributed by atoms with Crippen LogP contribution >= 0.6 is 11.3 Å². The zero-order valence-electron chi connectivity index (χ0n) is 13.6. The molecule has 0 fully saturated rings. The van der Waals surface area contributed by atoms with Crippen molar-refractivity contribution >= 4 is 33.1 Å². The molecule has 1 N–H and O–H groups in total. The predicted molar refractivity (Wildman–Crippen MR) is 96.5 cm³/mol. The molecule has 0 saturated heterocycles. The summed E-state index contributed by atoms with van der Waals surface area (Å²) in [7, 11) is -3.65. The number of rotatable bonds is 4. The number of amides is 1. The minimum atomic E-state index is -3.65. The smallest absolute Gasteiger partial charge is 0.267 e. The van der Waals surface area contributed by atoms with Gasteiger partial charge < -0.3 is 9.84 Å². The van der Waals surface area contributed by atoms with Crippen molar-refractivity contribution in [3.8, 4) is 0 Å². The van der Waals surface area contributed by atoms with Gasteiger partial charge in [0.05, 0.1) is 9.77 Å². The molecular weight excluding hydrogens is 374 g/mol. The Morgan fingerprint density at radius 1 is 1.23 bits per heavy atom. The largest absolute Gasteiger partial charge is 0.363 e. The van der Waals surface area contributed by atoms with Crippen molar-refractivity contribution in [3.63, 3.8) is 0 Å². The summed E-state index contributed by atoms with van der Waals surface area (Å²) in [6.45, 7) is 0.768. The summed E-state index contributed by atoms with van der Waals surface area (Å²) < 4.78 is 32.0. The van der Waals surface area contributed by atoms with Crippen molar-refractivity contribution in [2.24, 2.45) is 0 Å². The molecule has 1 amide bonds. The lowest BCUT2D eigenvalue weighted by molar-refractivity contribution is 0.102. The molecule has 1 aliphatic rings. The third-order valence-corrected chi connectivity index (χ3v) is 7.11. The zero-order valence-corrected chi connectivity index (χ0v) is 15.2. The number of nitrogens with zero attached hydrogens (tertiary/aromatic N) is 2. The van der Waals surface area contributed by atoms with Gasteiger partial charge in [-0.3, -0.25) is 4.79 Å². The lowest BCUT2D eigenvalue weighted by Gasteiger charge is -2.27. The number of sulfonamides is 1. The number of anilines is 1. The van der Waals surface area contributed by atoms with Crippen molar-refractivity contribution in [2.75, 3.05) is 11.9 Å². The standard InChI is InChI=1S/C17H15N3O4S2/c21-17(18-16-6-8-24-19-16)15-9-14(11-25-15)26(22,23)20-7-5-12-3-1-2-4-13(12)10-20/h1-4,6,8-9,11H,5,7,10H2,(H,18,19,21). The molecule has 0 bridgehead atoms. The summed E-state index contributed by atoms with van der Waals surface area (Å²) in [5, 5.41) is 7.65. The van der Waals surface area contributed by atoms with Crippen LogP contribution < -0.4 is 5.32 Å². The quantitative estimate of drug-likeness (QED) is 0.741. The van der Waals surface area contributed by atoms with Crippen LogP contribution in [-0.4, -0.2) is 30.3 Å². The molecule has 0 saturated carbocycles. The Balaban J connectivity index is 1.54. The van der Waals surface area contributed by atoms with Crippen LogP contribution in [0.2, 0.25) is 0 Å². The number of hydrogen-bond donors (Lipinski definition) is 1. The van der Waals surface area contributed by atoms with Crippen molar-refractivity contribution in [3.05, 3.63) is 64.0 Å². The SMILES string of the molecule is O=C(Nc1ccon1)c1cc(S(=O)(=O)N2CCc3ccccc3C2)cs1. The Bertz CT molecular complexity index is 1040. The van der Waals surface area contributed by atoms with E-state index in [-0.39, 0.29) is 10.7 Å². The Labute approximate surface area is 154 Å². The Morgan fingerprint density at radius 2 is 2.04 bits per heavy atom. The van der Waals surface area contributed by atoms with E-state index in [0.717, 1.165) is 16.9 Å². The van der Waals surface area contributed by atoms with Gasteiger partial charge in [0.1, 0.15) is 6.26 Å². The zero-order chi connectivity index (χ0) is 18.1. The molecule has 0 aliphatic carbocycles. The van der Waals surface area contributed by atoms with Crippen LogP contribution in [-0.2, 0) is 23.0 Å². The van der Waals surface area contributed by atoms with E-state index in [2.05, 4.69) is 15.0 Å². The summed E-state index contributed by atoms with van der Waals surface area (Å²) in [5.74, 6) is -0.144. The molecule has 7 nitrogen and oxygen atoms in total. The first-order chi connectivity index (χ1) is 12.5. The first-order valence-corrected chi connectivity index (χ1v) is 10.2. The lowest BCUT2D eigenvalue weighted by atomic mass is 10.0. The maximum atomic E-state index is 12.9. The van der Waals surface area contributed by atoms with Crippen LogP contribution in [0.15, 0.2) is 57.5 Å². The molecule has 134 valence electrons. The molecule has 0 atom stereocenters. The summed E-state index contributed by atoms with van der Waals surface area (Å²) in [6, 6.07) is 10.7. The summed E-state index contributed by atoms with van der Waals surface area (Å²) >= 11 is 1.08. The van der Waals surface area contributed by atoms with Gasteiger partial charge in [0, 0.05) is 24.5 Å². The van der Waals surface area contributed by atoms with Crippen LogP contribution in [0.4, 0.5) is 5.82 Å². The van der Waals surface area contributed by atoms with Gasteiger partial charge in [-0.25, -0.2) is 8.42 Å². The van der Waals surface area contributed by atoms with Crippen molar-refractivity contribution in [1.82, 2.24) is 9.46 Å². The maximum absolute atomic E-state index is 12.9. The van der Waals surface area contributed by atoms with Crippen molar-refractivity contribution in [1.29, 1.82) is 0 Å². The maximum Gasteiger partial charge on any atom is 0.267 e. The van der Waals surface area contributed by atoms with Gasteiger partial charge in [-0.2, -0.15) is 4.31 Å². The fourth-order valence-electron chi connectivity index (χ4n) is 2.85. The molecule has 2 aromatic heterocycles. The second kappa shape index (κ2) is 6.67. The monoisotopic (exact) mass is 389 g/mol. The molecule has 0 radical (unpaired) electrons. The fraction of sp³-hybridized carbons (Fsp3) is 0.176. The summed E-state index contributed by atoms with van der Waals surface area (Å²) in [5.41, 5.74) is 2.19. The number of benzene rings is 1. The lowest BCUT2D eigenvalue weighted by Crippen LogP contribution is -2.35. The third kappa shape index (κ3) is 3.16. The molecular formula is C17H15N3O4S2. The van der Waals surface area contributed by atoms with Gasteiger partial charge >= 0.3 is 0 Å². The Hall–Kier alpha value is -2.49. The van der Waals surface area contributed by atoms with E-state index in [1.165, 1.54) is 33.6 Å². The van der Waals surface area contributed by atoms with E-state index in [1.54, 1.807) is 0 Å². The normalized spacial score (nSPS) is 14.8. The molecule has 1 aromatic carbocycles. The minimum Gasteiger partial charge on any atom is -0.363 e. The second-order valence-corrected chi connectivity index (χ2v) is 8.69. The highest BCUT2D eigenvalue weighted by molar-refractivity contribution is 7.89. The number of fused-ring (bicyclic) bond motifs is 1. The minimum absolute atomic E-state index is 0.132. The second-order valence-electron chi connectivity index (χ2n) is 5.84. The number of nitrogens with one attached hydrogen (secondary N) is 1. The summed E-state index contributed by atoms with van der Waals surface area (Å²) in [4.78, 5) is 12.6. The van der Waals surface area contributed by atoms with Gasteiger partial charge in [-0.1, -0.05) is 29.4 Å². The summed E-state index contributed by atoms with van der Waals surface area (Å²) in [6.07, 6.45) is 2.02. The molecule has 0 spiro atoms. The van der Waals surface area contributed by atoms with E-state index in [9.17, 15) is 13.2 Å². The van der Waals surface area contributed by atoms with Crippen LogP contribution in [0, 0.1) is 0 Å². The van der Waals surface area contributed by atoms with Crippen LogP contribution in [0.25, 0.3) is 0 Å². The number of thiophene rings is 1. The Kier molecular flexibility index (Phi) is 4.35. The fourth-order valence-corrected chi connectivity index (χ4v) is 5.43. The van der Waals surface area contributed by atoms with Crippen LogP contribution in [0.5, 0.6) is 0 Å². The van der Waals surface area contributed by atoms with Crippen LogP contribution in [0.1, 0.15) is 20.8 Å². The third-order valence-electron chi connectivity index (χ3n) is 4.21. The number of carbonyl (C=O) groups excluding carboxylic acids is 1. The number of aromatic nitrogens is 1. The topological polar surface area (TPSA) is 92.5 Å². The van der Waals surface area contributed by atoms with Crippen molar-refractivity contribution in [2.45, 2.75) is 17.9 Å². The van der Waals surface area contributed by atoms with Gasteiger partial charge in [0.2, 0.25) is 10.0 Å². The molecule has 0 unspecified atom stereocenters. The number of hydrogen-bond acceptors (Lipinski definition) is 6. The molecule has 3 heterocycles. The van der Waals surface area contributed by atoms with Crippen molar-refractivity contribution < 1.29 is 17.7 Å². The van der Waals surface area contributed by atoms with Crippen LogP contribution in [0.3, 0.4) is 0 Å². The highest BCUT2D eigenvalue weighted by atomic mass is 32.2. The molecule has 3 aromatic rings. The predicted octanol–water partition coefficient (Wildman–Crippen LogP) is 2.74. The first-order valence-electron chi connectivity index (χ1n) is 7.91. The van der Waals surface area contributed by atoms with E-state index in [1.807, 2.05) is 24.3 Å². The molecule has 4 rings (SSSR count). The van der Waals surface area contributed by atoms with Gasteiger partial charge in [-0.05, 0) is 23.6 Å². The molecule has 26 heavy (non-hydrogen) atoms. The van der Waals surface area contributed by atoms with E-state index >= 15 is 0 Å².